The van der Waals surface area contributed by atoms with Gasteiger partial charge in [-0.3, -0.25) is 4.79 Å². The standard InChI is InChI=1S/C20H22N2O4/c1-24-17-11-14(12-18(25-2)19(17)26-3)20(23)22-21-16-10-6-8-13-7-4-5-9-15(13)16/h4-5,7,9,11-12H,6,8,10H2,1-3H3,(H,22,23)/b21-16+. The van der Waals surface area contributed by atoms with E-state index in [1.807, 2.05) is 18.2 Å². The van der Waals surface area contributed by atoms with E-state index in [1.165, 1.54) is 26.9 Å². The number of hydrogen-bond donors (Lipinski definition) is 1. The van der Waals surface area contributed by atoms with Gasteiger partial charge >= 0.3 is 0 Å². The largest absolute Gasteiger partial charge is 0.493 e. The fourth-order valence-corrected chi connectivity index (χ4v) is 3.11. The molecule has 2 aromatic carbocycles. The minimum atomic E-state index is -0.334. The number of benzene rings is 2. The maximum Gasteiger partial charge on any atom is 0.271 e. The Morgan fingerprint density at radius 2 is 1.69 bits per heavy atom. The van der Waals surface area contributed by atoms with Crippen molar-refractivity contribution in [3.05, 3.63) is 53.1 Å². The number of carbonyl (C=O) groups is 1. The van der Waals surface area contributed by atoms with Crippen LogP contribution in [-0.4, -0.2) is 32.9 Å². The number of hydrazone groups is 1. The topological polar surface area (TPSA) is 69.2 Å². The molecule has 26 heavy (non-hydrogen) atoms. The van der Waals surface area contributed by atoms with Gasteiger partial charge in [0, 0.05) is 11.1 Å². The van der Waals surface area contributed by atoms with Gasteiger partial charge in [-0.1, -0.05) is 24.3 Å². The van der Waals surface area contributed by atoms with E-state index in [-0.39, 0.29) is 5.91 Å². The number of fused-ring (bicyclic) bond motifs is 1. The third-order valence-electron chi connectivity index (χ3n) is 4.41. The summed E-state index contributed by atoms with van der Waals surface area (Å²) >= 11 is 0. The predicted octanol–water partition coefficient (Wildman–Crippen LogP) is 3.18. The van der Waals surface area contributed by atoms with Crippen LogP contribution in [0, 0.1) is 0 Å². The summed E-state index contributed by atoms with van der Waals surface area (Å²) in [6.45, 7) is 0. The molecule has 0 atom stereocenters. The normalized spacial score (nSPS) is 14.5. The fraction of sp³-hybridized carbons (Fsp3) is 0.300. The van der Waals surface area contributed by atoms with E-state index in [2.05, 4.69) is 16.6 Å². The van der Waals surface area contributed by atoms with Crippen LogP contribution < -0.4 is 19.6 Å². The summed E-state index contributed by atoms with van der Waals surface area (Å²) in [4.78, 5) is 12.6. The first-order chi connectivity index (χ1) is 12.7. The second kappa shape index (κ2) is 7.91. The molecule has 6 nitrogen and oxygen atoms in total. The van der Waals surface area contributed by atoms with Gasteiger partial charge in [-0.2, -0.15) is 5.10 Å². The van der Waals surface area contributed by atoms with E-state index >= 15 is 0 Å². The third-order valence-corrected chi connectivity index (χ3v) is 4.41. The lowest BCUT2D eigenvalue weighted by molar-refractivity contribution is 0.0954. The lowest BCUT2D eigenvalue weighted by Gasteiger charge is -2.17. The van der Waals surface area contributed by atoms with Gasteiger partial charge in [0.1, 0.15) is 0 Å². The van der Waals surface area contributed by atoms with Gasteiger partial charge in [-0.25, -0.2) is 5.43 Å². The van der Waals surface area contributed by atoms with E-state index < -0.39 is 0 Å². The smallest absolute Gasteiger partial charge is 0.271 e. The average Bonchev–Trinajstić information content (AvgIpc) is 2.70. The van der Waals surface area contributed by atoms with Crippen molar-refractivity contribution in [2.45, 2.75) is 19.3 Å². The van der Waals surface area contributed by atoms with Crippen LogP contribution in [0.15, 0.2) is 41.5 Å². The molecule has 0 aliphatic heterocycles. The number of methoxy groups -OCH3 is 3. The van der Waals surface area contributed by atoms with Crippen molar-refractivity contribution in [1.29, 1.82) is 0 Å². The molecule has 0 radical (unpaired) electrons. The Kier molecular flexibility index (Phi) is 5.41. The summed E-state index contributed by atoms with van der Waals surface area (Å²) in [7, 11) is 4.54. The fourth-order valence-electron chi connectivity index (χ4n) is 3.11. The summed E-state index contributed by atoms with van der Waals surface area (Å²) < 4.78 is 15.9. The molecular formula is C20H22N2O4. The molecule has 6 heteroatoms. The lowest BCUT2D eigenvalue weighted by atomic mass is 9.90. The van der Waals surface area contributed by atoms with E-state index in [0.29, 0.717) is 22.8 Å². The predicted molar refractivity (Wildman–Crippen MR) is 99.5 cm³/mol. The zero-order valence-corrected chi connectivity index (χ0v) is 15.2. The molecule has 1 amide bonds. The van der Waals surface area contributed by atoms with Crippen molar-refractivity contribution in [3.63, 3.8) is 0 Å². The molecule has 136 valence electrons. The Morgan fingerprint density at radius 1 is 1.00 bits per heavy atom. The molecule has 1 aliphatic rings. The van der Waals surface area contributed by atoms with Crippen molar-refractivity contribution in [3.8, 4) is 17.2 Å². The first-order valence-electron chi connectivity index (χ1n) is 8.43. The minimum absolute atomic E-state index is 0.334. The highest BCUT2D eigenvalue weighted by molar-refractivity contribution is 6.04. The highest BCUT2D eigenvalue weighted by Gasteiger charge is 2.18. The lowest BCUT2D eigenvalue weighted by Crippen LogP contribution is -2.22. The van der Waals surface area contributed by atoms with Crippen LogP contribution in [0.4, 0.5) is 0 Å². The molecule has 0 fully saturated rings. The van der Waals surface area contributed by atoms with Crippen LogP contribution in [0.5, 0.6) is 17.2 Å². The molecular weight excluding hydrogens is 332 g/mol. The number of amides is 1. The van der Waals surface area contributed by atoms with Gasteiger partial charge in [0.2, 0.25) is 5.75 Å². The zero-order chi connectivity index (χ0) is 18.5. The molecule has 0 saturated heterocycles. The van der Waals surface area contributed by atoms with Crippen molar-refractivity contribution < 1.29 is 19.0 Å². The number of nitrogens with zero attached hydrogens (tertiary/aromatic N) is 1. The molecule has 0 spiro atoms. The van der Waals surface area contributed by atoms with Crippen LogP contribution in [0.3, 0.4) is 0 Å². The number of rotatable bonds is 5. The molecule has 0 heterocycles. The van der Waals surface area contributed by atoms with Crippen LogP contribution in [0.25, 0.3) is 0 Å². The van der Waals surface area contributed by atoms with Crippen LogP contribution >= 0.6 is 0 Å². The number of hydrogen-bond acceptors (Lipinski definition) is 5. The van der Waals surface area contributed by atoms with Crippen molar-refractivity contribution in [2.24, 2.45) is 5.10 Å². The van der Waals surface area contributed by atoms with E-state index in [9.17, 15) is 4.79 Å². The molecule has 1 aliphatic carbocycles. The Balaban J connectivity index is 1.85. The minimum Gasteiger partial charge on any atom is -0.493 e. The highest BCUT2D eigenvalue weighted by atomic mass is 16.5. The Morgan fingerprint density at radius 3 is 2.35 bits per heavy atom. The molecule has 3 rings (SSSR count). The number of carbonyl (C=O) groups excluding carboxylic acids is 1. The van der Waals surface area contributed by atoms with E-state index in [0.717, 1.165) is 30.5 Å². The van der Waals surface area contributed by atoms with Crippen LogP contribution in [0.2, 0.25) is 0 Å². The SMILES string of the molecule is COc1cc(C(=O)N/N=C2\CCCc3ccccc32)cc(OC)c1OC. The van der Waals surface area contributed by atoms with Gasteiger partial charge in [0.05, 0.1) is 27.0 Å². The Hall–Kier alpha value is -3.02. The first-order valence-corrected chi connectivity index (χ1v) is 8.43. The molecule has 0 saturated carbocycles. The third kappa shape index (κ3) is 3.49. The zero-order valence-electron chi connectivity index (χ0n) is 15.2. The summed E-state index contributed by atoms with van der Waals surface area (Å²) in [5, 5.41) is 4.36. The quantitative estimate of drug-likeness (QED) is 0.838. The monoisotopic (exact) mass is 354 g/mol. The van der Waals surface area contributed by atoms with Crippen LogP contribution in [-0.2, 0) is 6.42 Å². The maximum atomic E-state index is 12.6. The summed E-state index contributed by atoms with van der Waals surface area (Å²) in [5.41, 5.74) is 6.29. The van der Waals surface area contributed by atoms with E-state index in [4.69, 9.17) is 14.2 Å². The molecule has 0 aromatic heterocycles. The summed E-state index contributed by atoms with van der Waals surface area (Å²) in [5.74, 6) is 0.958. The number of aryl methyl sites for hydroxylation is 1. The van der Waals surface area contributed by atoms with Crippen molar-refractivity contribution in [2.75, 3.05) is 21.3 Å². The molecule has 0 bridgehead atoms. The Bertz CT molecular complexity index is 820. The Labute approximate surface area is 152 Å². The van der Waals surface area contributed by atoms with Gasteiger partial charge in [0.15, 0.2) is 11.5 Å². The van der Waals surface area contributed by atoms with Gasteiger partial charge < -0.3 is 14.2 Å². The highest BCUT2D eigenvalue weighted by Crippen LogP contribution is 2.38. The summed E-state index contributed by atoms with van der Waals surface area (Å²) in [6, 6.07) is 11.4. The van der Waals surface area contributed by atoms with Gasteiger partial charge in [0.25, 0.3) is 5.91 Å². The van der Waals surface area contributed by atoms with Crippen molar-refractivity contribution in [1.82, 2.24) is 5.43 Å². The maximum absolute atomic E-state index is 12.6. The molecule has 0 unspecified atom stereocenters. The van der Waals surface area contributed by atoms with Gasteiger partial charge in [-0.05, 0) is 37.0 Å². The second-order valence-corrected chi connectivity index (χ2v) is 5.92. The second-order valence-electron chi connectivity index (χ2n) is 5.92. The van der Waals surface area contributed by atoms with Crippen molar-refractivity contribution >= 4 is 11.6 Å². The van der Waals surface area contributed by atoms with Crippen LogP contribution in [0.1, 0.15) is 34.3 Å². The molecule has 2 aromatic rings. The summed E-state index contributed by atoms with van der Waals surface area (Å²) in [6.07, 6.45) is 2.90. The molecule has 1 N–H and O–H groups in total. The average molecular weight is 354 g/mol. The first kappa shape index (κ1) is 17.8. The van der Waals surface area contributed by atoms with E-state index in [1.54, 1.807) is 12.1 Å². The number of ether oxygens (including phenoxy) is 3. The van der Waals surface area contributed by atoms with Gasteiger partial charge in [-0.15, -0.1) is 0 Å². The number of nitrogens with one attached hydrogen (secondary N) is 1.